The fourth-order valence-corrected chi connectivity index (χ4v) is 6.44. The maximum atomic E-state index is 10.9. The van der Waals surface area contributed by atoms with E-state index in [4.69, 9.17) is 6.42 Å². The average molecular weight is 284 g/mol. The Morgan fingerprint density at radius 1 is 1.10 bits per heavy atom. The standard InChI is InChI=1S/C20H28O/c1-3-20(21)13-11-18-17-9-8-14-6-4-5-7-15(14)16(17)10-12-19(18,20)2/h1,16-18,21H,4-13H2,2H3/t16-,17-,18+,19+,20+/m1/s1. The molecule has 5 atom stereocenters. The predicted octanol–water partition coefficient (Wildman–Crippen LogP) is 4.46. The van der Waals surface area contributed by atoms with Crippen molar-refractivity contribution in [2.24, 2.45) is 23.2 Å². The van der Waals surface area contributed by atoms with E-state index in [1.54, 1.807) is 0 Å². The Morgan fingerprint density at radius 3 is 2.71 bits per heavy atom. The van der Waals surface area contributed by atoms with Crippen molar-refractivity contribution in [3.8, 4) is 12.3 Å². The Bertz CT molecular complexity index is 524. The summed E-state index contributed by atoms with van der Waals surface area (Å²) in [6, 6.07) is 0. The van der Waals surface area contributed by atoms with E-state index in [0.29, 0.717) is 5.92 Å². The van der Waals surface area contributed by atoms with Gasteiger partial charge in [-0.05, 0) is 82.0 Å². The zero-order valence-electron chi connectivity index (χ0n) is 13.3. The highest BCUT2D eigenvalue weighted by atomic mass is 16.3. The fraction of sp³-hybridized carbons (Fsp3) is 0.800. The third-order valence-corrected chi connectivity index (χ3v) is 7.68. The minimum Gasteiger partial charge on any atom is -0.377 e. The first kappa shape index (κ1) is 13.9. The van der Waals surface area contributed by atoms with Crippen molar-refractivity contribution in [3.05, 3.63) is 11.1 Å². The summed E-state index contributed by atoms with van der Waals surface area (Å²) in [4.78, 5) is 0. The van der Waals surface area contributed by atoms with Crippen LogP contribution in [0.15, 0.2) is 11.1 Å². The van der Waals surface area contributed by atoms with Crippen LogP contribution < -0.4 is 0 Å². The second kappa shape index (κ2) is 4.63. The Kier molecular flexibility index (Phi) is 3.06. The highest BCUT2D eigenvalue weighted by Gasteiger charge is 2.61. The summed E-state index contributed by atoms with van der Waals surface area (Å²) < 4.78 is 0. The van der Waals surface area contributed by atoms with Gasteiger partial charge in [0.25, 0.3) is 0 Å². The Balaban J connectivity index is 1.68. The number of terminal acetylenes is 1. The monoisotopic (exact) mass is 284 g/mol. The van der Waals surface area contributed by atoms with Crippen molar-refractivity contribution in [2.45, 2.75) is 76.7 Å². The van der Waals surface area contributed by atoms with Gasteiger partial charge in [-0.2, -0.15) is 0 Å². The average Bonchev–Trinajstić information content (AvgIpc) is 2.79. The maximum Gasteiger partial charge on any atom is 0.130 e. The molecule has 2 saturated carbocycles. The van der Waals surface area contributed by atoms with Gasteiger partial charge in [-0.1, -0.05) is 24.0 Å². The quantitative estimate of drug-likeness (QED) is 0.514. The zero-order valence-corrected chi connectivity index (χ0v) is 13.3. The molecule has 114 valence electrons. The number of allylic oxidation sites excluding steroid dienone is 2. The van der Waals surface area contributed by atoms with E-state index in [1.165, 1.54) is 44.9 Å². The molecule has 0 heterocycles. The summed E-state index contributed by atoms with van der Waals surface area (Å²) in [6.07, 6.45) is 18.3. The van der Waals surface area contributed by atoms with Gasteiger partial charge >= 0.3 is 0 Å². The van der Waals surface area contributed by atoms with Crippen LogP contribution in [0.5, 0.6) is 0 Å². The molecule has 1 heteroatoms. The number of aliphatic hydroxyl groups is 1. The van der Waals surface area contributed by atoms with Crippen LogP contribution in [0.4, 0.5) is 0 Å². The summed E-state index contributed by atoms with van der Waals surface area (Å²) >= 11 is 0. The van der Waals surface area contributed by atoms with Gasteiger partial charge in [0.05, 0.1) is 0 Å². The van der Waals surface area contributed by atoms with Crippen LogP contribution in [-0.2, 0) is 0 Å². The first-order chi connectivity index (χ1) is 10.1. The van der Waals surface area contributed by atoms with Crippen molar-refractivity contribution in [3.63, 3.8) is 0 Å². The molecule has 0 bridgehead atoms. The molecule has 0 aromatic heterocycles. The highest BCUT2D eigenvalue weighted by molar-refractivity contribution is 5.29. The van der Waals surface area contributed by atoms with Gasteiger partial charge in [0.15, 0.2) is 0 Å². The van der Waals surface area contributed by atoms with Crippen LogP contribution in [0.1, 0.15) is 71.1 Å². The largest absolute Gasteiger partial charge is 0.377 e. The summed E-state index contributed by atoms with van der Waals surface area (Å²) in [6.45, 7) is 2.28. The van der Waals surface area contributed by atoms with Gasteiger partial charge in [-0.25, -0.2) is 0 Å². The molecule has 4 aliphatic carbocycles. The normalized spacial score (nSPS) is 49.1. The molecule has 1 N–H and O–H groups in total. The van der Waals surface area contributed by atoms with Crippen molar-refractivity contribution in [2.75, 3.05) is 0 Å². The van der Waals surface area contributed by atoms with Crippen LogP contribution in [0.2, 0.25) is 0 Å². The van der Waals surface area contributed by atoms with Crippen molar-refractivity contribution in [1.29, 1.82) is 0 Å². The smallest absolute Gasteiger partial charge is 0.130 e. The minimum absolute atomic E-state index is 0.0321. The fourth-order valence-electron chi connectivity index (χ4n) is 6.44. The Hall–Kier alpha value is -0.740. The lowest BCUT2D eigenvalue weighted by Crippen LogP contribution is -2.50. The molecular formula is C20H28O. The molecule has 0 aromatic rings. The summed E-state index contributed by atoms with van der Waals surface area (Å²) in [5.41, 5.74) is 2.78. The number of hydrogen-bond acceptors (Lipinski definition) is 1. The van der Waals surface area contributed by atoms with Gasteiger partial charge in [0.1, 0.15) is 5.60 Å². The Labute approximate surface area is 129 Å². The number of hydrogen-bond donors (Lipinski definition) is 1. The molecule has 4 aliphatic rings. The van der Waals surface area contributed by atoms with E-state index in [9.17, 15) is 5.11 Å². The van der Waals surface area contributed by atoms with Crippen LogP contribution in [-0.4, -0.2) is 10.7 Å². The molecule has 0 spiro atoms. The van der Waals surface area contributed by atoms with E-state index in [0.717, 1.165) is 31.1 Å². The van der Waals surface area contributed by atoms with Gasteiger partial charge < -0.3 is 5.11 Å². The van der Waals surface area contributed by atoms with E-state index in [1.807, 2.05) is 11.1 Å². The highest BCUT2D eigenvalue weighted by Crippen LogP contribution is 2.64. The van der Waals surface area contributed by atoms with Crippen LogP contribution in [0, 0.1) is 35.5 Å². The van der Waals surface area contributed by atoms with E-state index in [2.05, 4.69) is 12.8 Å². The molecular weight excluding hydrogens is 256 g/mol. The molecule has 4 rings (SSSR count). The molecule has 21 heavy (non-hydrogen) atoms. The van der Waals surface area contributed by atoms with E-state index >= 15 is 0 Å². The van der Waals surface area contributed by atoms with Crippen molar-refractivity contribution < 1.29 is 5.11 Å². The number of fused-ring (bicyclic) bond motifs is 4. The zero-order chi connectivity index (χ0) is 14.7. The summed E-state index contributed by atoms with van der Waals surface area (Å²) in [7, 11) is 0. The summed E-state index contributed by atoms with van der Waals surface area (Å²) in [5, 5.41) is 10.9. The van der Waals surface area contributed by atoms with Crippen LogP contribution in [0.25, 0.3) is 0 Å². The van der Waals surface area contributed by atoms with Crippen molar-refractivity contribution >= 4 is 0 Å². The first-order valence-electron chi connectivity index (χ1n) is 9.00. The molecule has 0 saturated heterocycles. The van der Waals surface area contributed by atoms with Crippen LogP contribution in [0.3, 0.4) is 0 Å². The molecule has 2 fully saturated rings. The molecule has 0 amide bonds. The third kappa shape index (κ3) is 1.75. The van der Waals surface area contributed by atoms with Gasteiger partial charge in [0, 0.05) is 5.41 Å². The third-order valence-electron chi connectivity index (χ3n) is 7.68. The SMILES string of the molecule is C#C[C@]1(O)CC[C@H]2[C@@H]3CCC4=C(CCCC4)[C@H]3CC[C@@]21C. The van der Waals surface area contributed by atoms with E-state index < -0.39 is 5.60 Å². The topological polar surface area (TPSA) is 20.2 Å². The molecule has 1 nitrogen and oxygen atoms in total. The molecule has 0 aliphatic heterocycles. The van der Waals surface area contributed by atoms with Gasteiger partial charge in [0.2, 0.25) is 0 Å². The van der Waals surface area contributed by atoms with E-state index in [-0.39, 0.29) is 5.41 Å². The summed E-state index contributed by atoms with van der Waals surface area (Å²) in [5.74, 6) is 5.04. The van der Waals surface area contributed by atoms with Gasteiger partial charge in [-0.3, -0.25) is 0 Å². The first-order valence-corrected chi connectivity index (χ1v) is 9.00. The molecule has 0 unspecified atom stereocenters. The number of rotatable bonds is 0. The maximum absolute atomic E-state index is 10.9. The Morgan fingerprint density at radius 2 is 1.90 bits per heavy atom. The second-order valence-corrected chi connectivity index (χ2v) is 8.25. The predicted molar refractivity (Wildman–Crippen MR) is 85.6 cm³/mol. The molecule has 0 aromatic carbocycles. The van der Waals surface area contributed by atoms with Gasteiger partial charge in [-0.15, -0.1) is 6.42 Å². The van der Waals surface area contributed by atoms with Crippen LogP contribution >= 0.6 is 0 Å². The second-order valence-electron chi connectivity index (χ2n) is 8.25. The molecule has 0 radical (unpaired) electrons. The lowest BCUT2D eigenvalue weighted by Gasteiger charge is -2.53. The van der Waals surface area contributed by atoms with Crippen molar-refractivity contribution in [1.82, 2.24) is 0 Å². The lowest BCUT2D eigenvalue weighted by molar-refractivity contribution is -0.0709. The lowest BCUT2D eigenvalue weighted by atomic mass is 9.52. The minimum atomic E-state index is -0.843.